The number of nitrogens with one attached hydrogen (secondary N) is 2. The highest BCUT2D eigenvalue weighted by molar-refractivity contribution is 5.89. The maximum absolute atomic E-state index is 12.9. The van der Waals surface area contributed by atoms with Gasteiger partial charge in [0.1, 0.15) is 0 Å². The molecule has 0 aromatic heterocycles. The second-order valence-electron chi connectivity index (χ2n) is 15.7. The quantitative estimate of drug-likeness (QED) is 0.0782. The number of hydrogen-bond donors (Lipinski definition) is 4. The Labute approximate surface area is 301 Å². The summed E-state index contributed by atoms with van der Waals surface area (Å²) >= 11 is 0. The van der Waals surface area contributed by atoms with Gasteiger partial charge in [-0.05, 0) is 108 Å². The number of aliphatic hydroxyl groups excluding tert-OH is 2. The molecular formula is C40H68N2O8. The predicted molar refractivity (Wildman–Crippen MR) is 195 cm³/mol. The molecule has 3 fully saturated rings. The molecule has 286 valence electrons. The molecule has 10 heteroatoms. The van der Waals surface area contributed by atoms with E-state index in [0.717, 1.165) is 76.2 Å². The molecule has 10 nitrogen and oxygen atoms in total. The molecule has 11 atom stereocenters. The lowest BCUT2D eigenvalue weighted by Gasteiger charge is -2.48. The van der Waals surface area contributed by atoms with Crippen molar-refractivity contribution in [3.63, 3.8) is 0 Å². The molecule has 3 rings (SSSR count). The second-order valence-corrected chi connectivity index (χ2v) is 15.7. The summed E-state index contributed by atoms with van der Waals surface area (Å²) in [6, 6.07) is 0. The lowest BCUT2D eigenvalue weighted by Crippen LogP contribution is -2.50. The normalized spacial score (nSPS) is 31.6. The zero-order valence-electron chi connectivity index (χ0n) is 32.0. The van der Waals surface area contributed by atoms with Crippen molar-refractivity contribution in [2.75, 3.05) is 13.1 Å². The molecule has 0 aliphatic carbocycles. The Balaban J connectivity index is 1.36. The van der Waals surface area contributed by atoms with Gasteiger partial charge in [0.2, 0.25) is 11.8 Å². The number of rotatable bonds is 18. The Morgan fingerprint density at radius 3 is 2.36 bits per heavy atom. The monoisotopic (exact) mass is 704 g/mol. The van der Waals surface area contributed by atoms with Crippen LogP contribution in [0.15, 0.2) is 23.8 Å². The van der Waals surface area contributed by atoms with Gasteiger partial charge in [0.15, 0.2) is 11.6 Å². The fourth-order valence-electron chi connectivity index (χ4n) is 7.51. The SMILES string of the molecule is C/C=C/C(=O)C[C@H]1CC[C@H](C)[C@@H](CC(=O)NC[C@@H](O)[C@@H](C)C(=O)NCCC[C@H]2O[C@@]3(CCC[C@@H](CC[C@H](C)/C=C(\C)[C@H](C)O)O3)CC[C@@H]2C)O1. The third-order valence-electron chi connectivity index (χ3n) is 11.2. The smallest absolute Gasteiger partial charge is 0.225 e. The first-order chi connectivity index (χ1) is 23.7. The summed E-state index contributed by atoms with van der Waals surface area (Å²) in [5.74, 6) is -0.680. The van der Waals surface area contributed by atoms with Gasteiger partial charge in [-0.3, -0.25) is 14.4 Å². The fraction of sp³-hybridized carbons (Fsp3) is 0.825. The Kier molecular flexibility index (Phi) is 17.6. The second kappa shape index (κ2) is 20.8. The number of allylic oxidation sites excluding steroid dienone is 3. The number of ether oxygens (including phenoxy) is 3. The van der Waals surface area contributed by atoms with E-state index in [2.05, 4.69) is 30.6 Å². The van der Waals surface area contributed by atoms with E-state index in [1.165, 1.54) is 0 Å². The minimum Gasteiger partial charge on any atom is -0.390 e. The summed E-state index contributed by atoms with van der Waals surface area (Å²) < 4.78 is 19.5. The molecule has 0 bridgehead atoms. The highest BCUT2D eigenvalue weighted by Crippen LogP contribution is 2.43. The van der Waals surface area contributed by atoms with Crippen LogP contribution in [0.5, 0.6) is 0 Å². The van der Waals surface area contributed by atoms with E-state index in [-0.39, 0.29) is 60.9 Å². The maximum atomic E-state index is 12.9. The van der Waals surface area contributed by atoms with Gasteiger partial charge in [-0.15, -0.1) is 0 Å². The van der Waals surface area contributed by atoms with Gasteiger partial charge < -0.3 is 35.1 Å². The van der Waals surface area contributed by atoms with Crippen LogP contribution >= 0.6 is 0 Å². The molecule has 3 saturated heterocycles. The van der Waals surface area contributed by atoms with E-state index < -0.39 is 23.9 Å². The summed E-state index contributed by atoms with van der Waals surface area (Å²) in [7, 11) is 0. The number of carbonyl (C=O) groups excluding carboxylic acids is 3. The summed E-state index contributed by atoms with van der Waals surface area (Å²) in [5.41, 5.74) is 1.01. The van der Waals surface area contributed by atoms with Gasteiger partial charge in [0.25, 0.3) is 0 Å². The van der Waals surface area contributed by atoms with Crippen LogP contribution in [0.3, 0.4) is 0 Å². The largest absolute Gasteiger partial charge is 0.390 e. The predicted octanol–water partition coefficient (Wildman–Crippen LogP) is 5.93. The number of aliphatic hydroxyl groups is 2. The number of ketones is 1. The molecule has 0 unspecified atom stereocenters. The van der Waals surface area contributed by atoms with Gasteiger partial charge in [0, 0.05) is 32.4 Å². The first kappa shape index (κ1) is 42.3. The minimum atomic E-state index is -1.02. The van der Waals surface area contributed by atoms with Crippen molar-refractivity contribution in [1.29, 1.82) is 0 Å². The number of amides is 2. The molecule has 4 N–H and O–H groups in total. The molecule has 2 amide bonds. The van der Waals surface area contributed by atoms with E-state index in [1.807, 2.05) is 20.8 Å². The Morgan fingerprint density at radius 2 is 1.64 bits per heavy atom. The van der Waals surface area contributed by atoms with Crippen LogP contribution < -0.4 is 10.6 Å². The van der Waals surface area contributed by atoms with Crippen molar-refractivity contribution in [3.05, 3.63) is 23.8 Å². The fourth-order valence-corrected chi connectivity index (χ4v) is 7.51. The Hall–Kier alpha value is -2.11. The molecule has 0 radical (unpaired) electrons. The van der Waals surface area contributed by atoms with E-state index in [1.54, 1.807) is 26.0 Å². The van der Waals surface area contributed by atoms with E-state index in [4.69, 9.17) is 14.2 Å². The van der Waals surface area contributed by atoms with Crippen LogP contribution in [-0.2, 0) is 28.6 Å². The van der Waals surface area contributed by atoms with Crippen molar-refractivity contribution in [2.45, 2.75) is 174 Å². The van der Waals surface area contributed by atoms with Crippen molar-refractivity contribution in [3.8, 4) is 0 Å². The van der Waals surface area contributed by atoms with E-state index in [0.29, 0.717) is 24.8 Å². The van der Waals surface area contributed by atoms with Crippen LogP contribution in [0.25, 0.3) is 0 Å². The molecule has 0 aromatic rings. The zero-order valence-corrected chi connectivity index (χ0v) is 32.0. The highest BCUT2D eigenvalue weighted by Gasteiger charge is 2.44. The third-order valence-corrected chi connectivity index (χ3v) is 11.2. The maximum Gasteiger partial charge on any atom is 0.225 e. The molecule has 3 heterocycles. The summed E-state index contributed by atoms with van der Waals surface area (Å²) in [4.78, 5) is 37.6. The van der Waals surface area contributed by atoms with Crippen molar-refractivity contribution < 1.29 is 38.8 Å². The van der Waals surface area contributed by atoms with Crippen LogP contribution in [0.1, 0.15) is 132 Å². The molecule has 50 heavy (non-hydrogen) atoms. The molecule has 1 spiro atoms. The highest BCUT2D eigenvalue weighted by atomic mass is 16.7. The van der Waals surface area contributed by atoms with Crippen molar-refractivity contribution >= 4 is 17.6 Å². The number of hydrogen-bond acceptors (Lipinski definition) is 8. The molecular weight excluding hydrogens is 636 g/mol. The van der Waals surface area contributed by atoms with Gasteiger partial charge >= 0.3 is 0 Å². The Bertz CT molecular complexity index is 1140. The first-order valence-electron chi connectivity index (χ1n) is 19.5. The summed E-state index contributed by atoms with van der Waals surface area (Å²) in [6.07, 6.45) is 14.5. The lowest BCUT2D eigenvalue weighted by atomic mass is 9.85. The van der Waals surface area contributed by atoms with Crippen LogP contribution in [0, 0.1) is 23.7 Å². The standard InChI is InChI=1S/C40H68N2O8/c1-8-11-32(44)23-34-17-15-27(3)37(48-34)24-38(46)42-25-35(45)30(6)39(47)41-21-10-13-36-28(4)18-20-40(50-36)19-9-12-33(49-40)16-14-26(2)22-29(5)31(7)43/h8,11,22,26-28,30-31,33-37,43,45H,9-10,12-21,23-25H2,1-7H3,(H,41,47)(H,42,46)/b11-8+,29-22+/t26-,27-,28-,30+,31-,33-,34+,35+,36+,37+,40-/m0/s1. The first-order valence-corrected chi connectivity index (χ1v) is 19.5. The van der Waals surface area contributed by atoms with Crippen molar-refractivity contribution in [1.82, 2.24) is 10.6 Å². The average Bonchev–Trinajstić information content (AvgIpc) is 3.07. The van der Waals surface area contributed by atoms with Crippen LogP contribution in [-0.4, -0.2) is 83.3 Å². The molecule has 0 saturated carbocycles. The third kappa shape index (κ3) is 13.8. The topological polar surface area (TPSA) is 143 Å². The lowest BCUT2D eigenvalue weighted by molar-refractivity contribution is -0.324. The number of carbonyl (C=O) groups is 3. The van der Waals surface area contributed by atoms with Crippen LogP contribution in [0.4, 0.5) is 0 Å². The average molecular weight is 705 g/mol. The van der Waals surface area contributed by atoms with Gasteiger partial charge in [-0.2, -0.15) is 0 Å². The van der Waals surface area contributed by atoms with E-state index in [9.17, 15) is 24.6 Å². The zero-order chi connectivity index (χ0) is 36.8. The summed E-state index contributed by atoms with van der Waals surface area (Å²) in [6.45, 7) is 14.2. The Morgan fingerprint density at radius 1 is 0.900 bits per heavy atom. The summed E-state index contributed by atoms with van der Waals surface area (Å²) in [5, 5.41) is 26.2. The van der Waals surface area contributed by atoms with Gasteiger partial charge in [-0.1, -0.05) is 39.8 Å². The van der Waals surface area contributed by atoms with Gasteiger partial charge in [-0.25, -0.2) is 0 Å². The van der Waals surface area contributed by atoms with Gasteiger partial charge in [0.05, 0.1) is 49.0 Å². The molecule has 3 aliphatic rings. The molecule has 0 aromatic carbocycles. The molecule has 3 aliphatic heterocycles. The van der Waals surface area contributed by atoms with Crippen molar-refractivity contribution in [2.24, 2.45) is 23.7 Å². The minimum absolute atomic E-state index is 0.0223. The van der Waals surface area contributed by atoms with Crippen LogP contribution in [0.2, 0.25) is 0 Å². The van der Waals surface area contributed by atoms with E-state index >= 15 is 0 Å².